The molecular formula is C24H32N2O2. The second-order valence-electron chi connectivity index (χ2n) is 7.64. The van der Waals surface area contributed by atoms with Gasteiger partial charge in [0.15, 0.2) is 0 Å². The lowest BCUT2D eigenvalue weighted by atomic mass is 9.97. The summed E-state index contributed by atoms with van der Waals surface area (Å²) in [6.07, 6.45) is 6.23. The van der Waals surface area contributed by atoms with Gasteiger partial charge in [0.1, 0.15) is 11.1 Å². The van der Waals surface area contributed by atoms with Crippen molar-refractivity contribution in [1.82, 2.24) is 9.88 Å². The van der Waals surface area contributed by atoms with Crippen LogP contribution in [0, 0.1) is 6.92 Å². The Morgan fingerprint density at radius 1 is 1.21 bits per heavy atom. The molecule has 0 fully saturated rings. The van der Waals surface area contributed by atoms with Crippen molar-refractivity contribution in [2.75, 3.05) is 19.7 Å². The van der Waals surface area contributed by atoms with E-state index >= 15 is 0 Å². The third-order valence-corrected chi connectivity index (χ3v) is 5.24. The first-order valence-corrected chi connectivity index (χ1v) is 10.4. The second kappa shape index (κ2) is 9.74. The average molecular weight is 381 g/mol. The van der Waals surface area contributed by atoms with Gasteiger partial charge in [-0.05, 0) is 68.5 Å². The Kier molecular flexibility index (Phi) is 7.10. The predicted octanol–water partition coefficient (Wildman–Crippen LogP) is 3.48. The Hall–Kier alpha value is -2.33. The molecule has 0 radical (unpaired) electrons. The maximum absolute atomic E-state index is 9.87. The number of pyridine rings is 1. The molecular weight excluding hydrogens is 348 g/mol. The highest BCUT2D eigenvalue weighted by molar-refractivity contribution is 5.35. The minimum Gasteiger partial charge on any atom is -0.510 e. The zero-order valence-electron chi connectivity index (χ0n) is 17.4. The molecule has 0 saturated carbocycles. The first-order chi connectivity index (χ1) is 13.6. The van der Waals surface area contributed by atoms with Gasteiger partial charge in [-0.3, -0.25) is 4.90 Å². The second-order valence-corrected chi connectivity index (χ2v) is 7.64. The molecule has 1 aliphatic heterocycles. The van der Waals surface area contributed by atoms with Crippen LogP contribution >= 0.6 is 0 Å². The maximum atomic E-state index is 9.87. The highest BCUT2D eigenvalue weighted by Crippen LogP contribution is 2.20. The Bertz CT molecular complexity index is 917. The first kappa shape index (κ1) is 20.4. The highest BCUT2D eigenvalue weighted by atomic mass is 16.5. The summed E-state index contributed by atoms with van der Waals surface area (Å²) in [6.45, 7) is 9.85. The summed E-state index contributed by atoms with van der Waals surface area (Å²) in [7, 11) is 0. The normalized spacial score (nSPS) is 16.0. The largest absolute Gasteiger partial charge is 0.510 e. The van der Waals surface area contributed by atoms with E-state index in [1.54, 1.807) is 6.92 Å². The molecule has 4 nitrogen and oxygen atoms in total. The molecule has 1 N–H and O–H groups in total. The van der Waals surface area contributed by atoms with Gasteiger partial charge in [-0.25, -0.2) is 4.98 Å². The van der Waals surface area contributed by atoms with E-state index in [0.717, 1.165) is 50.5 Å². The van der Waals surface area contributed by atoms with Gasteiger partial charge in [0.05, 0.1) is 6.61 Å². The number of fused-ring (bicyclic) bond motifs is 1. The van der Waals surface area contributed by atoms with Crippen LogP contribution in [0.2, 0.25) is 0 Å². The van der Waals surface area contributed by atoms with E-state index in [1.165, 1.54) is 16.7 Å². The lowest BCUT2D eigenvalue weighted by Gasteiger charge is -2.29. The predicted molar refractivity (Wildman–Crippen MR) is 115 cm³/mol. The summed E-state index contributed by atoms with van der Waals surface area (Å²) in [6, 6.07) is 10.7. The van der Waals surface area contributed by atoms with Gasteiger partial charge in [0, 0.05) is 19.2 Å². The summed E-state index contributed by atoms with van der Waals surface area (Å²) in [5.74, 6) is 0.810. The number of aryl methyl sites for hydroxylation is 1. The number of benzene rings is 1. The monoisotopic (exact) mass is 380 g/mol. The van der Waals surface area contributed by atoms with Gasteiger partial charge in [-0.15, -0.1) is 0 Å². The summed E-state index contributed by atoms with van der Waals surface area (Å²) >= 11 is 0. The highest BCUT2D eigenvalue weighted by Gasteiger charge is 2.15. The zero-order chi connectivity index (χ0) is 19.9. The van der Waals surface area contributed by atoms with Crippen LogP contribution in [0.25, 0.3) is 11.8 Å². The third-order valence-electron chi connectivity index (χ3n) is 5.24. The van der Waals surface area contributed by atoms with E-state index in [2.05, 4.69) is 48.0 Å². The van der Waals surface area contributed by atoms with Crippen LogP contribution in [-0.4, -0.2) is 34.7 Å². The summed E-state index contributed by atoms with van der Waals surface area (Å²) in [5, 5.41) is 11.4. The number of aliphatic hydroxyl groups is 1. The fraction of sp³-hybridized carbons (Fsp3) is 0.458. The molecule has 0 bridgehead atoms. The number of nitrogens with zero attached hydrogens (tertiary/aromatic N) is 2. The van der Waals surface area contributed by atoms with Gasteiger partial charge in [-0.2, -0.15) is 0 Å². The summed E-state index contributed by atoms with van der Waals surface area (Å²) < 4.78 is 5.82. The fourth-order valence-corrected chi connectivity index (χ4v) is 3.75. The SMILES string of the molecule is CC/C=c1/ccc(OCCCCN2CCc3cc(C)ccc3C2)n/c1=C(/C)O. The minimum atomic E-state index is 0.228. The van der Waals surface area contributed by atoms with Crippen LogP contribution in [-0.2, 0) is 13.0 Å². The summed E-state index contributed by atoms with van der Waals surface area (Å²) in [4.78, 5) is 6.99. The Labute approximate surface area is 168 Å². The van der Waals surface area contributed by atoms with Crippen LogP contribution in [0.1, 0.15) is 49.8 Å². The van der Waals surface area contributed by atoms with Crippen molar-refractivity contribution >= 4 is 11.8 Å². The molecule has 0 aliphatic carbocycles. The van der Waals surface area contributed by atoms with E-state index in [1.807, 2.05) is 12.1 Å². The minimum absolute atomic E-state index is 0.228. The third kappa shape index (κ3) is 5.35. The van der Waals surface area contributed by atoms with Crippen molar-refractivity contribution in [2.24, 2.45) is 0 Å². The number of rotatable bonds is 7. The summed E-state index contributed by atoms with van der Waals surface area (Å²) in [5.41, 5.74) is 4.35. The molecule has 0 amide bonds. The van der Waals surface area contributed by atoms with Crippen molar-refractivity contribution in [3.8, 4) is 5.88 Å². The smallest absolute Gasteiger partial charge is 0.213 e. The Morgan fingerprint density at radius 3 is 2.86 bits per heavy atom. The Balaban J connectivity index is 1.46. The number of aliphatic hydroxyl groups excluding tert-OH is 1. The molecule has 0 unspecified atom stereocenters. The van der Waals surface area contributed by atoms with Crippen molar-refractivity contribution in [3.05, 3.63) is 57.6 Å². The average Bonchev–Trinajstić information content (AvgIpc) is 2.68. The van der Waals surface area contributed by atoms with E-state index in [-0.39, 0.29) is 5.76 Å². The molecule has 0 atom stereocenters. The van der Waals surface area contributed by atoms with E-state index in [0.29, 0.717) is 17.8 Å². The number of hydrogen-bond acceptors (Lipinski definition) is 4. The molecule has 2 heterocycles. The van der Waals surface area contributed by atoms with E-state index in [4.69, 9.17) is 4.74 Å². The molecule has 4 heteroatoms. The molecule has 1 aliphatic rings. The van der Waals surface area contributed by atoms with Crippen molar-refractivity contribution in [1.29, 1.82) is 0 Å². The van der Waals surface area contributed by atoms with Gasteiger partial charge in [0.2, 0.25) is 5.88 Å². The standard InChI is InChI=1S/C24H32N2O2/c1-4-7-20-10-11-23(25-24(20)19(3)27)28-15-6-5-13-26-14-12-21-16-18(2)8-9-22(21)17-26/h7-11,16,27H,4-6,12-15,17H2,1-3H3/b20-7-,24-19-. The molecule has 1 aromatic heterocycles. The van der Waals surface area contributed by atoms with Crippen molar-refractivity contribution < 1.29 is 9.84 Å². The molecule has 3 rings (SSSR count). The molecule has 150 valence electrons. The molecule has 1 aromatic carbocycles. The lowest BCUT2D eigenvalue weighted by molar-refractivity contribution is 0.233. The van der Waals surface area contributed by atoms with Gasteiger partial charge in [-0.1, -0.05) is 36.8 Å². The lowest BCUT2D eigenvalue weighted by Crippen LogP contribution is -2.31. The quantitative estimate of drug-likeness (QED) is 0.747. The molecule has 2 aromatic rings. The van der Waals surface area contributed by atoms with Crippen LogP contribution in [0.3, 0.4) is 0 Å². The molecule has 28 heavy (non-hydrogen) atoms. The van der Waals surface area contributed by atoms with Gasteiger partial charge < -0.3 is 9.84 Å². The number of hydrogen-bond donors (Lipinski definition) is 1. The molecule has 0 saturated heterocycles. The van der Waals surface area contributed by atoms with E-state index in [9.17, 15) is 5.11 Å². The van der Waals surface area contributed by atoms with Crippen LogP contribution < -0.4 is 15.3 Å². The molecule has 0 spiro atoms. The van der Waals surface area contributed by atoms with Crippen LogP contribution in [0.5, 0.6) is 5.88 Å². The number of unbranched alkanes of at least 4 members (excludes halogenated alkanes) is 1. The zero-order valence-corrected chi connectivity index (χ0v) is 17.4. The number of aromatic nitrogens is 1. The van der Waals surface area contributed by atoms with E-state index < -0.39 is 0 Å². The van der Waals surface area contributed by atoms with Gasteiger partial charge in [0.25, 0.3) is 0 Å². The maximum Gasteiger partial charge on any atom is 0.213 e. The Morgan fingerprint density at radius 2 is 2.07 bits per heavy atom. The first-order valence-electron chi connectivity index (χ1n) is 10.4. The van der Waals surface area contributed by atoms with Crippen molar-refractivity contribution in [3.63, 3.8) is 0 Å². The van der Waals surface area contributed by atoms with Crippen LogP contribution in [0.4, 0.5) is 0 Å². The van der Waals surface area contributed by atoms with Gasteiger partial charge >= 0.3 is 0 Å². The topological polar surface area (TPSA) is 45.6 Å². The fourth-order valence-electron chi connectivity index (χ4n) is 3.75. The van der Waals surface area contributed by atoms with Crippen molar-refractivity contribution in [2.45, 2.75) is 53.0 Å². The van der Waals surface area contributed by atoms with Crippen LogP contribution in [0.15, 0.2) is 30.3 Å². The number of ether oxygens (including phenoxy) is 1.